The monoisotopic (exact) mass is 415 g/mol. The molecule has 1 aliphatic rings. The van der Waals surface area contributed by atoms with Crippen molar-refractivity contribution in [1.82, 2.24) is 0 Å². The number of amides is 1. The number of carbonyl (C=O) groups is 1. The number of hydrogen-bond donors (Lipinski definition) is 2. The van der Waals surface area contributed by atoms with Crippen LogP contribution in [0.5, 0.6) is 0 Å². The number of fused-ring (bicyclic) bond motifs is 1. The predicted molar refractivity (Wildman–Crippen MR) is 97.2 cm³/mol. The van der Waals surface area contributed by atoms with E-state index in [9.17, 15) is 26.4 Å². The molecule has 27 heavy (non-hydrogen) atoms. The van der Waals surface area contributed by atoms with E-state index in [1.54, 1.807) is 18.2 Å². The maximum Gasteiger partial charge on any atom is 0.418 e. The Morgan fingerprint density at radius 1 is 1.11 bits per heavy atom. The molecule has 0 aliphatic carbocycles. The molecule has 2 aromatic rings. The van der Waals surface area contributed by atoms with Crippen molar-refractivity contribution < 1.29 is 26.4 Å². The lowest BCUT2D eigenvalue weighted by Crippen LogP contribution is -2.23. The summed E-state index contributed by atoms with van der Waals surface area (Å²) in [4.78, 5) is 12.0. The summed E-state index contributed by atoms with van der Waals surface area (Å²) in [5, 5.41) is 4.93. The average molecular weight is 415 g/mol. The number of amidine groups is 1. The smallest absolute Gasteiger partial charge is 0.333 e. The van der Waals surface area contributed by atoms with Crippen molar-refractivity contribution >= 4 is 44.2 Å². The molecule has 0 bridgehead atoms. The molecule has 0 spiro atoms. The second kappa shape index (κ2) is 7.24. The highest BCUT2D eigenvalue weighted by Gasteiger charge is 2.33. The Morgan fingerprint density at radius 3 is 2.52 bits per heavy atom. The summed E-state index contributed by atoms with van der Waals surface area (Å²) in [6, 6.07) is 10.7. The number of alkyl halides is 3. The SMILES string of the molecule is O=C(CSC1=NS(=O)(=O)c2ccccc2N1)Nc1ccccc1C(F)(F)F. The van der Waals surface area contributed by atoms with Crippen molar-refractivity contribution in [1.29, 1.82) is 0 Å². The van der Waals surface area contributed by atoms with Gasteiger partial charge in [0.15, 0.2) is 5.17 Å². The molecule has 0 fully saturated rings. The van der Waals surface area contributed by atoms with Gasteiger partial charge in [-0.25, -0.2) is 0 Å². The number of para-hydroxylation sites is 2. The van der Waals surface area contributed by atoms with Gasteiger partial charge < -0.3 is 10.6 Å². The van der Waals surface area contributed by atoms with Crippen LogP contribution in [0.1, 0.15) is 5.56 Å². The topological polar surface area (TPSA) is 87.6 Å². The third kappa shape index (κ3) is 4.42. The molecule has 2 aromatic carbocycles. The molecule has 0 saturated carbocycles. The van der Waals surface area contributed by atoms with Gasteiger partial charge in [0.25, 0.3) is 10.0 Å². The molecular formula is C16H12F3N3O3S2. The van der Waals surface area contributed by atoms with Crippen LogP contribution in [0.15, 0.2) is 57.8 Å². The van der Waals surface area contributed by atoms with Crippen molar-refractivity contribution in [3.05, 3.63) is 54.1 Å². The predicted octanol–water partition coefficient (Wildman–Crippen LogP) is 3.55. The summed E-state index contributed by atoms with van der Waals surface area (Å²) in [6.45, 7) is 0. The molecule has 1 aliphatic heterocycles. The van der Waals surface area contributed by atoms with Crippen molar-refractivity contribution in [3.8, 4) is 0 Å². The molecule has 0 unspecified atom stereocenters. The van der Waals surface area contributed by atoms with Crippen LogP contribution in [0, 0.1) is 0 Å². The van der Waals surface area contributed by atoms with Crippen molar-refractivity contribution in [2.45, 2.75) is 11.1 Å². The third-order valence-electron chi connectivity index (χ3n) is 3.46. The highest BCUT2D eigenvalue weighted by molar-refractivity contribution is 8.15. The number of thioether (sulfide) groups is 1. The molecule has 0 saturated heterocycles. The maximum atomic E-state index is 12.9. The van der Waals surface area contributed by atoms with Crippen LogP contribution in [0.25, 0.3) is 0 Å². The Balaban J connectivity index is 1.69. The molecular weight excluding hydrogens is 403 g/mol. The van der Waals surface area contributed by atoms with Gasteiger partial charge >= 0.3 is 6.18 Å². The molecule has 2 N–H and O–H groups in total. The molecule has 1 heterocycles. The Bertz CT molecular complexity index is 1020. The molecule has 142 valence electrons. The highest BCUT2D eigenvalue weighted by atomic mass is 32.2. The van der Waals surface area contributed by atoms with Gasteiger partial charge in [0.2, 0.25) is 5.91 Å². The molecule has 0 aromatic heterocycles. The van der Waals surface area contributed by atoms with Gasteiger partial charge in [0.1, 0.15) is 4.90 Å². The van der Waals surface area contributed by atoms with Crippen LogP contribution in [0.3, 0.4) is 0 Å². The Kier molecular flexibility index (Phi) is 5.16. The fourth-order valence-corrected chi connectivity index (χ4v) is 4.35. The fraction of sp³-hybridized carbons (Fsp3) is 0.125. The lowest BCUT2D eigenvalue weighted by Gasteiger charge is -2.17. The van der Waals surface area contributed by atoms with E-state index in [-0.39, 0.29) is 21.5 Å². The second-order valence-electron chi connectivity index (χ2n) is 5.37. The molecule has 0 radical (unpaired) electrons. The first-order valence-corrected chi connectivity index (χ1v) is 9.89. The van der Waals surface area contributed by atoms with Gasteiger partial charge in [-0.05, 0) is 24.3 Å². The Hall–Kier alpha value is -2.53. The van der Waals surface area contributed by atoms with E-state index in [1.807, 2.05) is 0 Å². The van der Waals surface area contributed by atoms with Crippen LogP contribution in [0.4, 0.5) is 24.5 Å². The van der Waals surface area contributed by atoms with Crippen LogP contribution >= 0.6 is 11.8 Å². The van der Waals surface area contributed by atoms with Gasteiger partial charge in [-0.15, -0.1) is 4.40 Å². The fourth-order valence-electron chi connectivity index (χ4n) is 2.31. The van der Waals surface area contributed by atoms with E-state index in [0.29, 0.717) is 5.69 Å². The van der Waals surface area contributed by atoms with E-state index in [1.165, 1.54) is 18.2 Å². The number of nitrogens with zero attached hydrogens (tertiary/aromatic N) is 1. The van der Waals surface area contributed by atoms with Crippen LogP contribution < -0.4 is 10.6 Å². The maximum absolute atomic E-state index is 12.9. The minimum atomic E-state index is -4.61. The number of halogens is 3. The number of anilines is 2. The van der Waals surface area contributed by atoms with Crippen molar-refractivity contribution in [3.63, 3.8) is 0 Å². The Morgan fingerprint density at radius 2 is 1.78 bits per heavy atom. The first-order chi connectivity index (χ1) is 12.7. The average Bonchev–Trinajstić information content (AvgIpc) is 2.59. The lowest BCUT2D eigenvalue weighted by molar-refractivity contribution is -0.137. The van der Waals surface area contributed by atoms with Gasteiger partial charge in [-0.2, -0.15) is 21.6 Å². The normalized spacial score (nSPS) is 15.3. The summed E-state index contributed by atoms with van der Waals surface area (Å²) >= 11 is 0.770. The van der Waals surface area contributed by atoms with E-state index in [2.05, 4.69) is 15.0 Å². The van der Waals surface area contributed by atoms with Gasteiger partial charge in [-0.3, -0.25) is 4.79 Å². The summed E-state index contributed by atoms with van der Waals surface area (Å²) in [6.07, 6.45) is -4.61. The Labute approximate surface area is 156 Å². The van der Waals surface area contributed by atoms with Crippen molar-refractivity contribution in [2.75, 3.05) is 16.4 Å². The van der Waals surface area contributed by atoms with Crippen LogP contribution in [0.2, 0.25) is 0 Å². The van der Waals surface area contributed by atoms with Crippen molar-refractivity contribution in [2.24, 2.45) is 4.40 Å². The largest absolute Gasteiger partial charge is 0.418 e. The third-order valence-corrected chi connectivity index (χ3v) is 5.78. The number of carbonyl (C=O) groups excluding carboxylic acids is 1. The second-order valence-corrected chi connectivity index (χ2v) is 7.91. The minimum Gasteiger partial charge on any atom is -0.333 e. The van der Waals surface area contributed by atoms with Crippen LogP contribution in [-0.4, -0.2) is 25.2 Å². The quantitative estimate of drug-likeness (QED) is 0.801. The summed E-state index contributed by atoms with van der Waals surface area (Å²) in [5.41, 5.74) is -1.02. The number of hydrogen-bond acceptors (Lipinski definition) is 5. The molecule has 1 amide bonds. The van der Waals surface area contributed by atoms with E-state index in [4.69, 9.17) is 0 Å². The minimum absolute atomic E-state index is 0.0120. The lowest BCUT2D eigenvalue weighted by atomic mass is 10.1. The van der Waals surface area contributed by atoms with Gasteiger partial charge in [-0.1, -0.05) is 36.0 Å². The molecule has 3 rings (SSSR count). The number of benzene rings is 2. The molecule has 6 nitrogen and oxygen atoms in total. The summed E-state index contributed by atoms with van der Waals surface area (Å²) in [5.74, 6) is -1.05. The van der Waals surface area contributed by atoms with E-state index < -0.39 is 27.7 Å². The van der Waals surface area contributed by atoms with E-state index in [0.717, 1.165) is 23.9 Å². The number of sulfonamides is 1. The summed E-state index contributed by atoms with van der Waals surface area (Å²) < 4.78 is 66.6. The zero-order chi connectivity index (χ0) is 19.7. The highest BCUT2D eigenvalue weighted by Crippen LogP contribution is 2.34. The number of rotatable bonds is 3. The standard InChI is InChI=1S/C16H12F3N3O3S2/c17-16(18,19)10-5-1-2-6-11(10)20-14(23)9-26-15-21-12-7-3-4-8-13(12)27(24,25)22-15/h1-8H,9H2,(H,20,23)(H,21,22). The number of nitrogens with one attached hydrogen (secondary N) is 2. The first-order valence-electron chi connectivity index (χ1n) is 7.47. The van der Waals surface area contributed by atoms with Crippen LogP contribution in [-0.2, 0) is 21.0 Å². The van der Waals surface area contributed by atoms with Gasteiger partial charge in [0, 0.05) is 0 Å². The molecule has 0 atom stereocenters. The summed E-state index contributed by atoms with van der Waals surface area (Å²) in [7, 11) is -3.90. The molecule has 11 heteroatoms. The zero-order valence-corrected chi connectivity index (χ0v) is 15.1. The van der Waals surface area contributed by atoms with E-state index >= 15 is 0 Å². The first kappa shape index (κ1) is 19.2. The van der Waals surface area contributed by atoms with Gasteiger partial charge in [0.05, 0.1) is 22.7 Å². The zero-order valence-electron chi connectivity index (χ0n) is 13.4.